The number of aromatic nitrogens is 2. The topological polar surface area (TPSA) is 95.1 Å². The fourth-order valence-electron chi connectivity index (χ4n) is 3.66. The van der Waals surface area contributed by atoms with Crippen molar-refractivity contribution in [2.75, 3.05) is 5.32 Å². The Hall–Kier alpha value is -3.93. The maximum atomic E-state index is 12.9. The number of carbonyl (C=O) groups is 1. The molecular weight excluding hydrogens is 378 g/mol. The van der Waals surface area contributed by atoms with Gasteiger partial charge in [-0.05, 0) is 55.3 Å². The average molecular weight is 399 g/mol. The fourth-order valence-corrected chi connectivity index (χ4v) is 3.66. The second-order valence-electron chi connectivity index (χ2n) is 7.28. The van der Waals surface area contributed by atoms with Crippen LogP contribution in [-0.4, -0.2) is 21.0 Å². The number of H-pyrrole nitrogens is 1. The largest absolute Gasteiger partial charge is 0.478 e. The number of carboxylic acid groups (broad SMARTS) is 1. The molecule has 4 aromatic rings. The van der Waals surface area contributed by atoms with Gasteiger partial charge in [-0.3, -0.25) is 9.78 Å². The van der Waals surface area contributed by atoms with Crippen molar-refractivity contribution in [2.24, 2.45) is 0 Å². The Morgan fingerprint density at radius 3 is 2.57 bits per heavy atom. The molecule has 3 N–H and O–H groups in total. The van der Waals surface area contributed by atoms with Crippen molar-refractivity contribution in [3.05, 3.63) is 93.9 Å². The van der Waals surface area contributed by atoms with E-state index in [0.29, 0.717) is 16.8 Å². The summed E-state index contributed by atoms with van der Waals surface area (Å²) in [5.74, 6) is -0.993. The summed E-state index contributed by atoms with van der Waals surface area (Å²) >= 11 is 0. The smallest absolute Gasteiger partial charge is 0.337 e. The highest BCUT2D eigenvalue weighted by atomic mass is 16.4. The normalized spacial score (nSPS) is 11.9. The summed E-state index contributed by atoms with van der Waals surface area (Å²) in [6.07, 6.45) is 3.36. The Labute approximate surface area is 173 Å². The van der Waals surface area contributed by atoms with Crippen molar-refractivity contribution in [1.29, 1.82) is 0 Å². The zero-order valence-electron chi connectivity index (χ0n) is 16.6. The number of aryl methyl sites for hydroxylation is 1. The van der Waals surface area contributed by atoms with Gasteiger partial charge in [-0.2, -0.15) is 0 Å². The lowest BCUT2D eigenvalue weighted by atomic mass is 9.99. The number of para-hydroxylation sites is 1. The van der Waals surface area contributed by atoms with Gasteiger partial charge in [0.25, 0.3) is 0 Å². The molecule has 30 heavy (non-hydrogen) atoms. The van der Waals surface area contributed by atoms with Crippen LogP contribution in [0, 0.1) is 6.92 Å². The maximum absolute atomic E-state index is 12.9. The lowest BCUT2D eigenvalue weighted by Gasteiger charge is -2.20. The molecular formula is C24H21N3O3. The summed E-state index contributed by atoms with van der Waals surface area (Å²) in [4.78, 5) is 31.9. The number of nitrogens with one attached hydrogen (secondary N) is 2. The van der Waals surface area contributed by atoms with E-state index in [1.165, 1.54) is 0 Å². The monoisotopic (exact) mass is 399 g/mol. The SMILES string of the molecule is Cc1cc([C@H](C)Nc2ccccc2C(=O)O)c2[nH]c(-c3ccncc3)cc(=O)c2c1. The van der Waals surface area contributed by atoms with Gasteiger partial charge in [0.05, 0.1) is 17.1 Å². The lowest BCUT2D eigenvalue weighted by molar-refractivity contribution is 0.0698. The number of pyridine rings is 2. The Morgan fingerprint density at radius 1 is 1.10 bits per heavy atom. The van der Waals surface area contributed by atoms with Crippen LogP contribution in [0.1, 0.15) is 34.5 Å². The van der Waals surface area contributed by atoms with E-state index in [9.17, 15) is 14.7 Å². The summed E-state index contributed by atoms with van der Waals surface area (Å²) in [6.45, 7) is 3.89. The van der Waals surface area contributed by atoms with Crippen LogP contribution < -0.4 is 10.7 Å². The summed E-state index contributed by atoms with van der Waals surface area (Å²) in [5, 5.41) is 13.4. The van der Waals surface area contributed by atoms with Gasteiger partial charge >= 0.3 is 5.97 Å². The molecule has 4 rings (SSSR count). The average Bonchev–Trinajstić information content (AvgIpc) is 2.74. The van der Waals surface area contributed by atoms with Gasteiger partial charge in [-0.25, -0.2) is 4.79 Å². The summed E-state index contributed by atoms with van der Waals surface area (Å²) in [6, 6.07) is 15.7. The van der Waals surface area contributed by atoms with Gasteiger partial charge in [0, 0.05) is 40.8 Å². The first kappa shape index (κ1) is 19.4. The van der Waals surface area contributed by atoms with Gasteiger partial charge in [-0.15, -0.1) is 0 Å². The fraction of sp³-hybridized carbons (Fsp3) is 0.125. The second-order valence-corrected chi connectivity index (χ2v) is 7.28. The zero-order valence-corrected chi connectivity index (χ0v) is 16.6. The van der Waals surface area contributed by atoms with Crippen LogP contribution in [0.2, 0.25) is 0 Å². The molecule has 0 fully saturated rings. The third kappa shape index (κ3) is 3.67. The van der Waals surface area contributed by atoms with Crippen LogP contribution >= 0.6 is 0 Å². The van der Waals surface area contributed by atoms with Crippen molar-refractivity contribution >= 4 is 22.6 Å². The van der Waals surface area contributed by atoms with Gasteiger partial charge in [0.15, 0.2) is 5.43 Å². The van der Waals surface area contributed by atoms with Gasteiger partial charge < -0.3 is 15.4 Å². The van der Waals surface area contributed by atoms with Crippen LogP contribution in [0.15, 0.2) is 71.8 Å². The van der Waals surface area contributed by atoms with Gasteiger partial charge in [0.1, 0.15) is 0 Å². The molecule has 0 spiro atoms. The predicted molar refractivity (Wildman–Crippen MR) is 118 cm³/mol. The molecule has 2 aromatic heterocycles. The molecule has 0 bridgehead atoms. The Balaban J connectivity index is 1.85. The van der Waals surface area contributed by atoms with Crippen molar-refractivity contribution in [3.63, 3.8) is 0 Å². The third-order valence-corrected chi connectivity index (χ3v) is 5.10. The second kappa shape index (κ2) is 7.83. The van der Waals surface area contributed by atoms with E-state index in [-0.39, 0.29) is 17.0 Å². The molecule has 0 aliphatic heterocycles. The van der Waals surface area contributed by atoms with E-state index < -0.39 is 5.97 Å². The number of benzene rings is 2. The molecule has 6 heteroatoms. The number of hydrogen-bond donors (Lipinski definition) is 3. The Morgan fingerprint density at radius 2 is 1.83 bits per heavy atom. The molecule has 1 atom stereocenters. The van der Waals surface area contributed by atoms with Crippen molar-refractivity contribution in [2.45, 2.75) is 19.9 Å². The van der Waals surface area contributed by atoms with E-state index in [2.05, 4.69) is 15.3 Å². The highest BCUT2D eigenvalue weighted by Crippen LogP contribution is 2.29. The summed E-state index contributed by atoms with van der Waals surface area (Å²) in [5.41, 5.74) is 4.81. The maximum Gasteiger partial charge on any atom is 0.337 e. The van der Waals surface area contributed by atoms with Crippen molar-refractivity contribution in [1.82, 2.24) is 9.97 Å². The minimum absolute atomic E-state index is 0.0707. The first-order chi connectivity index (χ1) is 14.4. The molecule has 0 amide bonds. The number of anilines is 1. The molecule has 0 saturated carbocycles. The van der Waals surface area contributed by atoms with E-state index in [1.807, 2.05) is 38.1 Å². The molecule has 2 aromatic carbocycles. The van der Waals surface area contributed by atoms with E-state index in [1.54, 1.807) is 42.7 Å². The summed E-state index contributed by atoms with van der Waals surface area (Å²) < 4.78 is 0. The first-order valence-corrected chi connectivity index (χ1v) is 9.61. The quantitative estimate of drug-likeness (QED) is 0.449. The number of rotatable bonds is 5. The number of nitrogens with zero attached hydrogens (tertiary/aromatic N) is 1. The molecule has 0 radical (unpaired) electrons. The molecule has 0 saturated heterocycles. The van der Waals surface area contributed by atoms with Gasteiger partial charge in [-0.1, -0.05) is 18.2 Å². The molecule has 2 heterocycles. The number of fused-ring (bicyclic) bond motifs is 1. The number of aromatic amines is 1. The van der Waals surface area contributed by atoms with E-state index in [0.717, 1.165) is 22.2 Å². The molecule has 6 nitrogen and oxygen atoms in total. The predicted octanol–water partition coefficient (Wildman–Crippen LogP) is 4.77. The minimum Gasteiger partial charge on any atom is -0.478 e. The first-order valence-electron chi connectivity index (χ1n) is 9.61. The van der Waals surface area contributed by atoms with Crippen molar-refractivity contribution < 1.29 is 9.90 Å². The van der Waals surface area contributed by atoms with E-state index >= 15 is 0 Å². The van der Waals surface area contributed by atoms with Crippen LogP contribution in [0.4, 0.5) is 5.69 Å². The lowest BCUT2D eigenvalue weighted by Crippen LogP contribution is -2.13. The zero-order chi connectivity index (χ0) is 21.3. The van der Waals surface area contributed by atoms with Crippen LogP contribution in [0.3, 0.4) is 0 Å². The van der Waals surface area contributed by atoms with Crippen molar-refractivity contribution in [3.8, 4) is 11.3 Å². The highest BCUT2D eigenvalue weighted by Gasteiger charge is 2.17. The number of aromatic carboxylic acids is 1. The number of carboxylic acids is 1. The van der Waals surface area contributed by atoms with Crippen LogP contribution in [0.5, 0.6) is 0 Å². The highest BCUT2D eigenvalue weighted by molar-refractivity contribution is 5.94. The molecule has 0 unspecified atom stereocenters. The van der Waals surface area contributed by atoms with Crippen LogP contribution in [0.25, 0.3) is 22.2 Å². The molecule has 0 aliphatic carbocycles. The molecule has 150 valence electrons. The third-order valence-electron chi connectivity index (χ3n) is 5.10. The summed E-state index contributed by atoms with van der Waals surface area (Å²) in [7, 11) is 0. The Kier molecular flexibility index (Phi) is 5.06. The Bertz CT molecular complexity index is 1300. The standard InChI is InChI=1S/C24H21N3O3/c1-14-11-18(15(2)26-20-6-4-3-5-17(20)24(29)30)23-19(12-14)22(28)13-21(27-23)16-7-9-25-10-8-16/h3-13,15,26H,1-2H3,(H,27,28)(H,29,30)/t15-/m0/s1. The van der Waals surface area contributed by atoms with Crippen LogP contribution in [-0.2, 0) is 0 Å². The minimum atomic E-state index is -0.993. The molecule has 0 aliphatic rings. The van der Waals surface area contributed by atoms with E-state index in [4.69, 9.17) is 0 Å². The number of hydrogen-bond acceptors (Lipinski definition) is 4. The van der Waals surface area contributed by atoms with Gasteiger partial charge in [0.2, 0.25) is 0 Å².